The van der Waals surface area contributed by atoms with Crippen molar-refractivity contribution in [2.75, 3.05) is 0 Å². The molecule has 0 saturated heterocycles. The smallest absolute Gasteiger partial charge is 0.547 e. The van der Waals surface area contributed by atoms with E-state index in [0.29, 0.717) is 0 Å². The van der Waals surface area contributed by atoms with E-state index in [0.717, 1.165) is 0 Å². The quantitative estimate of drug-likeness (QED) is 0.430. The fraction of sp³-hybridized carbons (Fsp3) is 0.500. The number of carbonyl (C=O) groups is 2. The third kappa shape index (κ3) is 6.38. The van der Waals surface area contributed by atoms with Crippen LogP contribution in [0.2, 0.25) is 0 Å². The van der Waals surface area contributed by atoms with Gasteiger partial charge in [-0.05, 0) is 0 Å². The van der Waals surface area contributed by atoms with Crippen molar-refractivity contribution in [3.05, 3.63) is 0 Å². The molecule has 8 heteroatoms. The monoisotopic (exact) mass is 194 g/mol. The zero-order valence-corrected chi connectivity index (χ0v) is 10.7. The maximum atomic E-state index is 9.63. The normalized spacial score (nSPS) is 13.2. The molecule has 0 spiro atoms. The minimum Gasteiger partial charge on any atom is -0.547 e. The first kappa shape index (κ1) is 18.6. The maximum Gasteiger partial charge on any atom is 1.00 e. The van der Waals surface area contributed by atoms with E-state index in [1.165, 1.54) is 0 Å². The Bertz CT molecular complexity index is 142. The zero-order chi connectivity index (χ0) is 8.31. The van der Waals surface area contributed by atoms with Crippen LogP contribution in [0.1, 0.15) is 0 Å². The number of hydrogen-bond donors (Lipinski definition) is 2. The molecular weight excluding hydrogens is 190 g/mol. The van der Waals surface area contributed by atoms with Gasteiger partial charge in [-0.2, -0.15) is 0 Å². The van der Waals surface area contributed by atoms with Gasteiger partial charge in [0.2, 0.25) is 0 Å². The molecule has 0 heterocycles. The van der Waals surface area contributed by atoms with Gasteiger partial charge in [-0.1, -0.05) is 0 Å². The third-order valence-electron chi connectivity index (χ3n) is 0.782. The van der Waals surface area contributed by atoms with E-state index in [1.807, 2.05) is 0 Å². The molecule has 0 aliphatic carbocycles. The van der Waals surface area contributed by atoms with E-state index in [4.69, 9.17) is 10.2 Å². The first-order valence-electron chi connectivity index (χ1n) is 2.24. The van der Waals surface area contributed by atoms with Gasteiger partial charge in [0.15, 0.2) is 0 Å². The molecule has 12 heavy (non-hydrogen) atoms. The molecule has 0 radical (unpaired) electrons. The second-order valence-corrected chi connectivity index (χ2v) is 1.53. The first-order chi connectivity index (χ1) is 4.46. The van der Waals surface area contributed by atoms with Gasteiger partial charge in [-0.15, -0.1) is 0 Å². The summed E-state index contributed by atoms with van der Waals surface area (Å²) < 4.78 is 0. The summed E-state index contributed by atoms with van der Waals surface area (Å²) >= 11 is 0. The number of aliphatic carboxylic acids is 2. The van der Waals surface area contributed by atoms with Crippen LogP contribution in [-0.4, -0.2) is 34.4 Å². The molecule has 0 fully saturated rings. The van der Waals surface area contributed by atoms with Crippen molar-refractivity contribution in [3.8, 4) is 0 Å². The van der Waals surface area contributed by atoms with Crippen LogP contribution in [0, 0.1) is 0 Å². The minimum atomic E-state index is -2.44. The van der Waals surface area contributed by atoms with Gasteiger partial charge >= 0.3 is 59.1 Å². The molecule has 0 aromatic carbocycles. The molecule has 0 aliphatic heterocycles. The summed E-state index contributed by atoms with van der Waals surface area (Å²) in [5.41, 5.74) is 0. The molecule has 0 aliphatic rings. The number of aliphatic hydroxyl groups is 2. The Morgan fingerprint density at radius 2 is 1.08 bits per heavy atom. The molecular formula is C4H4Na2O6. The van der Waals surface area contributed by atoms with Crippen molar-refractivity contribution < 1.29 is 89.1 Å². The van der Waals surface area contributed by atoms with Gasteiger partial charge in [0, 0.05) is 0 Å². The van der Waals surface area contributed by atoms with Gasteiger partial charge in [0.1, 0.15) is 12.2 Å². The molecule has 6 nitrogen and oxygen atoms in total. The van der Waals surface area contributed by atoms with E-state index in [9.17, 15) is 19.8 Å². The Labute approximate surface area is 112 Å². The summed E-state index contributed by atoms with van der Waals surface area (Å²) in [4.78, 5) is 19.3. The fourth-order valence-electron chi connectivity index (χ4n) is 0.258. The van der Waals surface area contributed by atoms with Gasteiger partial charge in [0.25, 0.3) is 0 Å². The van der Waals surface area contributed by atoms with Gasteiger partial charge in [-0.3, -0.25) is 0 Å². The van der Waals surface area contributed by atoms with Crippen molar-refractivity contribution in [2.45, 2.75) is 12.2 Å². The summed E-state index contributed by atoms with van der Waals surface area (Å²) in [6.45, 7) is 0. The topological polar surface area (TPSA) is 121 Å². The molecule has 0 unspecified atom stereocenters. The van der Waals surface area contributed by atoms with Crippen LogP contribution in [-0.2, 0) is 9.59 Å². The largest absolute Gasteiger partial charge is 1.00 e. The van der Waals surface area contributed by atoms with Crippen LogP contribution in [0.15, 0.2) is 0 Å². The van der Waals surface area contributed by atoms with Crippen LogP contribution in [0.4, 0.5) is 0 Å². The van der Waals surface area contributed by atoms with Crippen LogP contribution < -0.4 is 69.3 Å². The zero-order valence-electron chi connectivity index (χ0n) is 6.68. The Kier molecular flexibility index (Phi) is 13.1. The number of carboxylic acid groups (broad SMARTS) is 2. The van der Waals surface area contributed by atoms with E-state index >= 15 is 0 Å². The summed E-state index contributed by atoms with van der Waals surface area (Å²) in [5.74, 6) is -4.12. The number of carboxylic acids is 2. The van der Waals surface area contributed by atoms with Crippen LogP contribution in [0.5, 0.6) is 0 Å². The van der Waals surface area contributed by atoms with Crippen LogP contribution in [0.3, 0.4) is 0 Å². The predicted molar refractivity (Wildman–Crippen MR) is 22.0 cm³/mol. The first-order valence-corrected chi connectivity index (χ1v) is 2.24. The molecule has 0 aromatic rings. The van der Waals surface area contributed by atoms with Crippen molar-refractivity contribution >= 4 is 11.9 Å². The molecule has 0 rings (SSSR count). The Hall–Kier alpha value is 0.860. The van der Waals surface area contributed by atoms with E-state index in [1.54, 1.807) is 0 Å². The maximum absolute atomic E-state index is 9.63. The molecule has 0 saturated carbocycles. The Morgan fingerprint density at radius 1 is 0.917 bits per heavy atom. The molecule has 2 N–H and O–H groups in total. The fourth-order valence-corrected chi connectivity index (χ4v) is 0.258. The van der Waals surface area contributed by atoms with Gasteiger partial charge < -0.3 is 30.0 Å². The summed E-state index contributed by atoms with van der Waals surface area (Å²) in [6.07, 6.45) is -4.88. The van der Waals surface area contributed by atoms with Crippen molar-refractivity contribution in [2.24, 2.45) is 0 Å². The molecule has 0 aromatic heterocycles. The average molecular weight is 194 g/mol. The predicted octanol–water partition coefficient (Wildman–Crippen LogP) is -10.8. The molecule has 0 bridgehead atoms. The van der Waals surface area contributed by atoms with E-state index in [-0.39, 0.29) is 59.1 Å². The summed E-state index contributed by atoms with van der Waals surface area (Å²) in [6, 6.07) is 0. The average Bonchev–Trinajstić information content (AvgIpc) is 1.84. The van der Waals surface area contributed by atoms with Gasteiger partial charge in [0.05, 0.1) is 11.9 Å². The second kappa shape index (κ2) is 8.46. The van der Waals surface area contributed by atoms with E-state index in [2.05, 4.69) is 0 Å². The summed E-state index contributed by atoms with van der Waals surface area (Å²) in [5, 5.41) is 35.7. The standard InChI is InChI=1S/C4H6O6.2Na/c5-1(3(7)8)2(6)4(9)10;;/h1-2,5-6H,(H,7,8)(H,9,10);;/q;2*+1/p-2/t1-,2+;;. The number of hydrogen-bond acceptors (Lipinski definition) is 6. The van der Waals surface area contributed by atoms with Crippen LogP contribution in [0.25, 0.3) is 0 Å². The van der Waals surface area contributed by atoms with Crippen molar-refractivity contribution in [3.63, 3.8) is 0 Å². The SMILES string of the molecule is O=C([O-])[C@@H](O)[C@@H](O)C(=O)[O-].[Na+].[Na+]. The summed E-state index contributed by atoms with van der Waals surface area (Å²) in [7, 11) is 0. The van der Waals surface area contributed by atoms with Crippen molar-refractivity contribution in [1.29, 1.82) is 0 Å². The molecule has 0 amide bonds. The third-order valence-corrected chi connectivity index (χ3v) is 0.782. The minimum absolute atomic E-state index is 0. The number of rotatable bonds is 3. The Balaban J connectivity index is -0.000000405. The van der Waals surface area contributed by atoms with Crippen molar-refractivity contribution in [1.82, 2.24) is 0 Å². The van der Waals surface area contributed by atoms with Crippen LogP contribution >= 0.6 is 0 Å². The second-order valence-electron chi connectivity index (χ2n) is 1.53. The number of aliphatic hydroxyl groups excluding tert-OH is 2. The number of carbonyl (C=O) groups excluding carboxylic acids is 2. The van der Waals surface area contributed by atoms with E-state index < -0.39 is 24.1 Å². The van der Waals surface area contributed by atoms with Gasteiger partial charge in [-0.25, -0.2) is 0 Å². The molecule has 58 valence electrons. The Morgan fingerprint density at radius 3 is 1.17 bits per heavy atom. The molecule has 2 atom stereocenters.